The van der Waals surface area contributed by atoms with Crippen molar-refractivity contribution in [3.63, 3.8) is 0 Å². The molecular formula is C33H27FN8. The lowest BCUT2D eigenvalue weighted by atomic mass is 9.99. The van der Waals surface area contributed by atoms with E-state index in [2.05, 4.69) is 44.6 Å². The fraction of sp³-hybridized carbons (Fsp3) is 0.182. The highest BCUT2D eigenvalue weighted by atomic mass is 19.1. The zero-order chi connectivity index (χ0) is 30.0. The monoisotopic (exact) mass is 555 g/mol. The molecule has 6 rings (SSSR count). The molecule has 8 nitrogen and oxygen atoms in total. The predicted octanol–water partition coefficient (Wildman–Crippen LogP) is 5.78. The summed E-state index contributed by atoms with van der Waals surface area (Å²) < 4.78 is 23.6. The molecule has 0 radical (unpaired) electrons. The summed E-state index contributed by atoms with van der Waals surface area (Å²) in [7, 11) is 0. The Balaban J connectivity index is 1.47. The van der Waals surface area contributed by atoms with E-state index < -0.39 is 11.8 Å². The fourth-order valence-corrected chi connectivity index (χ4v) is 4.99. The van der Waals surface area contributed by atoms with Gasteiger partial charge in [0.2, 0.25) is 0 Å². The van der Waals surface area contributed by atoms with Crippen LogP contribution in [-0.4, -0.2) is 16.0 Å². The summed E-state index contributed by atoms with van der Waals surface area (Å²) in [5.74, 6) is 2.29. The van der Waals surface area contributed by atoms with E-state index in [9.17, 15) is 16.3 Å². The van der Waals surface area contributed by atoms with Crippen LogP contribution in [0, 0.1) is 40.8 Å². The van der Waals surface area contributed by atoms with Crippen molar-refractivity contribution < 1.29 is 5.76 Å². The van der Waals surface area contributed by atoms with Crippen molar-refractivity contribution in [2.75, 3.05) is 10.6 Å². The number of benzene rings is 3. The maximum atomic E-state index is 13.9. The van der Waals surface area contributed by atoms with Crippen LogP contribution in [0.3, 0.4) is 0 Å². The summed E-state index contributed by atoms with van der Waals surface area (Å²) in [5, 5.41) is 29.3. The first kappa shape index (κ1) is 25.4. The molecule has 2 atom stereocenters. The Morgan fingerprint density at radius 2 is 1.81 bits per heavy atom. The number of nitrogens with one attached hydrogen (secondary N) is 4. The third-order valence-electron chi connectivity index (χ3n) is 7.25. The normalized spacial score (nSPS) is 16.6. The van der Waals surface area contributed by atoms with Gasteiger partial charge in [0.1, 0.15) is 18.0 Å². The molecule has 2 heterocycles. The molecule has 0 saturated heterocycles. The lowest BCUT2D eigenvalue weighted by molar-refractivity contribution is 0.260. The summed E-state index contributed by atoms with van der Waals surface area (Å²) >= 11 is 0. The molecule has 3 aromatic carbocycles. The van der Waals surface area contributed by atoms with E-state index in [-0.39, 0.29) is 17.2 Å². The molecule has 1 saturated carbocycles. The number of fused-ring (bicyclic) bond motifs is 1. The van der Waals surface area contributed by atoms with E-state index in [1.165, 1.54) is 18.3 Å². The second-order valence-electron chi connectivity index (χ2n) is 10.1. The quantitative estimate of drug-likeness (QED) is 0.193. The second kappa shape index (κ2) is 11.5. The van der Waals surface area contributed by atoms with E-state index >= 15 is 0 Å². The molecule has 4 aromatic rings. The van der Waals surface area contributed by atoms with Gasteiger partial charge >= 0.3 is 0 Å². The average molecular weight is 556 g/mol. The molecule has 0 amide bonds. The van der Waals surface area contributed by atoms with Gasteiger partial charge in [0.05, 0.1) is 41.5 Å². The van der Waals surface area contributed by atoms with E-state index in [4.69, 9.17) is 6.42 Å². The number of rotatable bonds is 9. The number of hydrazine groups is 2. The minimum atomic E-state index is -1.60. The summed E-state index contributed by atoms with van der Waals surface area (Å²) in [6.45, 7) is 0. The van der Waals surface area contributed by atoms with Crippen molar-refractivity contribution in [2.45, 2.75) is 37.4 Å². The molecule has 1 unspecified atom stereocenters. The Hall–Kier alpha value is -5.56. The summed E-state index contributed by atoms with van der Waals surface area (Å²) in [5.41, 5.74) is 9.97. The highest BCUT2D eigenvalue weighted by Gasteiger charge is 2.32. The van der Waals surface area contributed by atoms with E-state index in [0.29, 0.717) is 46.0 Å². The van der Waals surface area contributed by atoms with E-state index in [0.717, 1.165) is 18.4 Å². The zero-order valence-electron chi connectivity index (χ0n) is 23.5. The molecule has 4 N–H and O–H groups in total. The molecule has 0 bridgehead atoms. The summed E-state index contributed by atoms with van der Waals surface area (Å²) in [6, 6.07) is 21.6. The predicted molar refractivity (Wildman–Crippen MR) is 159 cm³/mol. The van der Waals surface area contributed by atoms with Gasteiger partial charge in [-0.15, -0.1) is 17.9 Å². The summed E-state index contributed by atoms with van der Waals surface area (Å²) in [4.78, 5) is 4.45. The van der Waals surface area contributed by atoms with Gasteiger partial charge in [-0.1, -0.05) is 42.5 Å². The lowest BCUT2D eigenvalue weighted by Crippen LogP contribution is -2.38. The molecule has 9 heteroatoms. The van der Waals surface area contributed by atoms with Crippen LogP contribution in [0.25, 0.3) is 10.9 Å². The van der Waals surface area contributed by atoms with E-state index in [1.54, 1.807) is 24.3 Å². The van der Waals surface area contributed by atoms with Gasteiger partial charge in [0.15, 0.2) is 0 Å². The van der Waals surface area contributed by atoms with Crippen molar-refractivity contribution in [2.24, 2.45) is 0 Å². The first-order valence-corrected chi connectivity index (χ1v) is 13.5. The fourth-order valence-electron chi connectivity index (χ4n) is 4.99. The molecule has 2 aliphatic rings. The maximum Gasteiger partial charge on any atom is 0.123 e. The Kier molecular flexibility index (Phi) is 6.96. The topological polar surface area (TPSA) is 112 Å². The number of terminal acetylenes is 1. The molecular weight excluding hydrogens is 527 g/mol. The Morgan fingerprint density at radius 3 is 2.50 bits per heavy atom. The van der Waals surface area contributed by atoms with Crippen molar-refractivity contribution >= 4 is 22.3 Å². The van der Waals surface area contributed by atoms with Crippen LogP contribution in [-0.2, 0) is 0 Å². The number of nitrogens with zero attached hydrogens (tertiary/aromatic N) is 4. The zero-order valence-corrected chi connectivity index (χ0v) is 22.5. The minimum Gasteiger partial charge on any atom is -0.376 e. The van der Waals surface area contributed by atoms with Gasteiger partial charge in [-0.3, -0.25) is 9.99 Å². The number of nitriles is 2. The smallest absolute Gasteiger partial charge is 0.123 e. The van der Waals surface area contributed by atoms with Crippen molar-refractivity contribution in [1.82, 2.24) is 21.0 Å². The lowest BCUT2D eigenvalue weighted by Gasteiger charge is -2.23. The first-order chi connectivity index (χ1) is 20.9. The number of aromatic nitrogens is 1. The molecule has 1 aromatic heterocycles. The van der Waals surface area contributed by atoms with Crippen LogP contribution < -0.4 is 21.6 Å². The van der Waals surface area contributed by atoms with Crippen LogP contribution >= 0.6 is 0 Å². The third-order valence-corrected chi connectivity index (χ3v) is 7.25. The third kappa shape index (κ3) is 5.40. The van der Waals surface area contributed by atoms with Gasteiger partial charge in [-0.05, 0) is 48.2 Å². The van der Waals surface area contributed by atoms with E-state index in [1.807, 2.05) is 41.5 Å². The van der Waals surface area contributed by atoms with Gasteiger partial charge in [0, 0.05) is 35.9 Å². The summed E-state index contributed by atoms with van der Waals surface area (Å²) in [6.07, 6.45) is 11.4. The number of anilines is 2. The van der Waals surface area contributed by atoms with Crippen LogP contribution in [0.2, 0.25) is 0 Å². The number of pyridine rings is 1. The van der Waals surface area contributed by atoms with Crippen molar-refractivity contribution in [3.8, 4) is 24.5 Å². The highest BCUT2D eigenvalue weighted by molar-refractivity contribution is 5.99. The Bertz CT molecular complexity index is 1830. The van der Waals surface area contributed by atoms with Crippen LogP contribution in [0.15, 0.2) is 84.8 Å². The van der Waals surface area contributed by atoms with Crippen LogP contribution in [0.1, 0.15) is 54.9 Å². The molecule has 0 spiro atoms. The molecule has 1 aliphatic heterocycles. The van der Waals surface area contributed by atoms with Gasteiger partial charge < -0.3 is 16.1 Å². The largest absolute Gasteiger partial charge is 0.376 e. The average Bonchev–Trinajstić information content (AvgIpc) is 3.76. The highest BCUT2D eigenvalue weighted by Crippen LogP contribution is 2.36. The SMILES string of the molecule is [2H]C(Nc1cc(C#N)c2ncc(C#N)c(N[C@H](CC#C)c3ccccc3)c2c1)(C1=CN(C2CC2)NN1)c1ccc(F)cc1. The van der Waals surface area contributed by atoms with Gasteiger partial charge in [-0.2, -0.15) is 10.5 Å². The van der Waals surface area contributed by atoms with Crippen LogP contribution in [0.5, 0.6) is 0 Å². The van der Waals surface area contributed by atoms with Crippen LogP contribution in [0.4, 0.5) is 15.8 Å². The standard InChI is InChI=1S/C33H27FN8/c1-2-6-29(21-7-4-3-5-8-21)39-32-24(18-36)19-37-31-23(17-35)15-26(16-28(31)32)38-33(22-9-11-25(34)12-10-22)30-20-42(41-40-30)27-13-14-27/h1,3-5,7-12,15-16,19-20,27,29,33,38,40-41H,6,13-14H2,(H,37,39)/t29-,33?/m1/s1/i33D. The molecule has 1 fully saturated rings. The second-order valence-corrected chi connectivity index (χ2v) is 10.1. The molecule has 1 aliphatic carbocycles. The first-order valence-electron chi connectivity index (χ1n) is 14.0. The minimum absolute atomic E-state index is 0.258. The molecule has 206 valence electrons. The Morgan fingerprint density at radius 1 is 1.05 bits per heavy atom. The number of halogens is 1. The van der Waals surface area contributed by atoms with Gasteiger partial charge in [0.25, 0.3) is 0 Å². The van der Waals surface area contributed by atoms with Crippen molar-refractivity contribution in [1.29, 1.82) is 10.5 Å². The molecule has 42 heavy (non-hydrogen) atoms. The number of hydrogen-bond donors (Lipinski definition) is 4. The Labute approximate surface area is 244 Å². The van der Waals surface area contributed by atoms with Crippen molar-refractivity contribution in [3.05, 3.63) is 113 Å². The van der Waals surface area contributed by atoms with Gasteiger partial charge in [-0.25, -0.2) is 4.39 Å². The maximum absolute atomic E-state index is 13.9. The number of hydrogen-bond acceptors (Lipinski definition) is 8.